The van der Waals surface area contributed by atoms with E-state index in [2.05, 4.69) is 15.3 Å². The van der Waals surface area contributed by atoms with Crippen LogP contribution in [0.5, 0.6) is 5.75 Å². The molecule has 8 nitrogen and oxygen atoms in total. The summed E-state index contributed by atoms with van der Waals surface area (Å²) >= 11 is 0. The van der Waals surface area contributed by atoms with E-state index in [-0.39, 0.29) is 22.5 Å². The zero-order chi connectivity index (χ0) is 18.7. The predicted octanol–water partition coefficient (Wildman–Crippen LogP) is 0.950. The Labute approximate surface area is 148 Å². The van der Waals surface area contributed by atoms with E-state index in [1.807, 2.05) is 31.2 Å². The highest BCUT2D eigenvalue weighted by atomic mass is 16.5. The maximum absolute atomic E-state index is 12.3. The average Bonchev–Trinajstić information content (AvgIpc) is 2.65. The molecule has 0 unspecified atom stereocenters. The fraction of sp³-hybridized carbons (Fsp3) is 0.222. The number of hydrogen-bond donors (Lipinski definition) is 2. The highest BCUT2D eigenvalue weighted by Gasteiger charge is 2.11. The molecule has 8 heteroatoms. The maximum Gasteiger partial charge on any atom is 0.329 e. The third-order valence-electron chi connectivity index (χ3n) is 3.90. The normalized spacial score (nSPS) is 10.7. The Kier molecular flexibility index (Phi) is 4.83. The van der Waals surface area contributed by atoms with Crippen LogP contribution in [0.2, 0.25) is 0 Å². The first-order chi connectivity index (χ1) is 12.5. The van der Waals surface area contributed by atoms with Gasteiger partial charge in [0, 0.05) is 19.8 Å². The van der Waals surface area contributed by atoms with Gasteiger partial charge < -0.3 is 10.1 Å². The minimum atomic E-state index is -0.572. The van der Waals surface area contributed by atoms with E-state index in [4.69, 9.17) is 4.74 Å². The van der Waals surface area contributed by atoms with Crippen molar-refractivity contribution in [3.8, 4) is 5.75 Å². The third kappa shape index (κ3) is 3.49. The van der Waals surface area contributed by atoms with Gasteiger partial charge in [-0.15, -0.1) is 0 Å². The topological polar surface area (TPSA) is 106 Å². The Morgan fingerprint density at radius 3 is 2.69 bits per heavy atom. The first-order valence-electron chi connectivity index (χ1n) is 8.08. The number of H-pyrrole nitrogens is 1. The Morgan fingerprint density at radius 1 is 1.27 bits per heavy atom. The Balaban J connectivity index is 1.77. The van der Waals surface area contributed by atoms with Crippen LogP contribution in [-0.4, -0.2) is 27.0 Å². The van der Waals surface area contributed by atoms with Crippen molar-refractivity contribution in [3.05, 3.63) is 68.5 Å². The lowest BCUT2D eigenvalue weighted by Crippen LogP contribution is -2.29. The summed E-state index contributed by atoms with van der Waals surface area (Å²) in [6, 6.07) is 8.83. The Morgan fingerprint density at radius 2 is 2.00 bits per heavy atom. The minimum absolute atomic E-state index is 0.181. The van der Waals surface area contributed by atoms with Gasteiger partial charge >= 0.3 is 5.69 Å². The highest BCUT2D eigenvalue weighted by Crippen LogP contribution is 2.12. The van der Waals surface area contributed by atoms with Crippen molar-refractivity contribution < 1.29 is 9.53 Å². The van der Waals surface area contributed by atoms with Crippen LogP contribution >= 0.6 is 0 Å². The van der Waals surface area contributed by atoms with Gasteiger partial charge in [0.2, 0.25) is 0 Å². The van der Waals surface area contributed by atoms with E-state index in [1.165, 1.54) is 23.9 Å². The first-order valence-corrected chi connectivity index (χ1v) is 8.08. The van der Waals surface area contributed by atoms with E-state index in [0.717, 1.165) is 11.3 Å². The summed E-state index contributed by atoms with van der Waals surface area (Å²) in [5, 5.41) is 2.96. The molecule has 3 rings (SSSR count). The van der Waals surface area contributed by atoms with Gasteiger partial charge in [0.05, 0.1) is 17.6 Å². The van der Waals surface area contributed by atoms with Crippen molar-refractivity contribution in [2.75, 3.05) is 6.61 Å². The van der Waals surface area contributed by atoms with Gasteiger partial charge in [0.1, 0.15) is 11.4 Å². The summed E-state index contributed by atoms with van der Waals surface area (Å²) in [6.07, 6.45) is 1.34. The molecule has 2 N–H and O–H groups in total. The SMILES string of the molecule is CCOc1ccc(CNC(=O)c2cnc3c(c2)c(=O)[nH]c(=O)n3C)cc1. The quantitative estimate of drug-likeness (QED) is 0.710. The van der Waals surface area contributed by atoms with Crippen LogP contribution in [-0.2, 0) is 13.6 Å². The molecule has 1 aromatic carbocycles. The molecular weight excluding hydrogens is 336 g/mol. The van der Waals surface area contributed by atoms with Crippen LogP contribution in [0.15, 0.2) is 46.1 Å². The van der Waals surface area contributed by atoms with E-state index in [1.54, 1.807) is 0 Å². The van der Waals surface area contributed by atoms with E-state index >= 15 is 0 Å². The van der Waals surface area contributed by atoms with Crippen molar-refractivity contribution in [1.29, 1.82) is 0 Å². The smallest absolute Gasteiger partial charge is 0.329 e. The summed E-state index contributed by atoms with van der Waals surface area (Å²) in [6.45, 7) is 2.83. The fourth-order valence-corrected chi connectivity index (χ4v) is 2.52. The molecule has 0 aliphatic rings. The lowest BCUT2D eigenvalue weighted by Gasteiger charge is -2.08. The van der Waals surface area contributed by atoms with E-state index in [0.29, 0.717) is 13.2 Å². The van der Waals surface area contributed by atoms with Crippen LogP contribution in [0.25, 0.3) is 11.0 Å². The number of amides is 1. The van der Waals surface area contributed by atoms with E-state index in [9.17, 15) is 14.4 Å². The molecule has 0 saturated carbocycles. The number of fused-ring (bicyclic) bond motifs is 1. The highest BCUT2D eigenvalue weighted by molar-refractivity contribution is 5.96. The van der Waals surface area contributed by atoms with Crippen molar-refractivity contribution in [2.24, 2.45) is 7.05 Å². The van der Waals surface area contributed by atoms with E-state index < -0.39 is 11.2 Å². The van der Waals surface area contributed by atoms with Gasteiger partial charge in [-0.25, -0.2) is 9.78 Å². The lowest BCUT2D eigenvalue weighted by atomic mass is 10.2. The fourth-order valence-electron chi connectivity index (χ4n) is 2.52. The van der Waals surface area contributed by atoms with Crippen LogP contribution in [0.4, 0.5) is 0 Å². The Hall–Kier alpha value is -3.42. The zero-order valence-electron chi connectivity index (χ0n) is 14.4. The average molecular weight is 354 g/mol. The van der Waals surface area contributed by atoms with Crippen molar-refractivity contribution in [2.45, 2.75) is 13.5 Å². The van der Waals surface area contributed by atoms with Crippen LogP contribution in [0.3, 0.4) is 0 Å². The molecule has 0 saturated heterocycles. The largest absolute Gasteiger partial charge is 0.494 e. The number of nitrogens with zero attached hydrogens (tertiary/aromatic N) is 2. The van der Waals surface area contributed by atoms with Gasteiger partial charge in [0.25, 0.3) is 11.5 Å². The molecule has 0 radical (unpaired) electrons. The number of benzene rings is 1. The number of carbonyl (C=O) groups is 1. The summed E-state index contributed by atoms with van der Waals surface area (Å²) in [7, 11) is 1.50. The number of nitrogens with one attached hydrogen (secondary N) is 2. The molecule has 0 atom stereocenters. The number of aromatic amines is 1. The minimum Gasteiger partial charge on any atom is -0.494 e. The number of rotatable bonds is 5. The van der Waals surface area contributed by atoms with Gasteiger partial charge in [-0.1, -0.05) is 12.1 Å². The summed E-state index contributed by atoms with van der Waals surface area (Å²) < 4.78 is 6.59. The molecule has 0 aliphatic carbocycles. The Bertz CT molecular complexity index is 1070. The number of hydrogen-bond acceptors (Lipinski definition) is 5. The summed E-state index contributed by atoms with van der Waals surface area (Å²) in [5.74, 6) is 0.410. The summed E-state index contributed by atoms with van der Waals surface area (Å²) in [5.41, 5.74) is 0.254. The molecule has 2 aromatic heterocycles. The number of aromatic nitrogens is 3. The third-order valence-corrected chi connectivity index (χ3v) is 3.90. The van der Waals surface area contributed by atoms with Gasteiger partial charge in [-0.2, -0.15) is 0 Å². The lowest BCUT2D eigenvalue weighted by molar-refractivity contribution is 0.0950. The van der Waals surface area contributed by atoms with Gasteiger partial charge in [-0.05, 0) is 30.7 Å². The van der Waals surface area contributed by atoms with Crippen LogP contribution < -0.4 is 21.3 Å². The molecule has 0 spiro atoms. The first kappa shape index (κ1) is 17.4. The summed E-state index contributed by atoms with van der Waals surface area (Å²) in [4.78, 5) is 42.1. The number of pyridine rings is 1. The second kappa shape index (κ2) is 7.22. The van der Waals surface area contributed by atoms with Crippen molar-refractivity contribution >= 4 is 16.9 Å². The predicted molar refractivity (Wildman–Crippen MR) is 96.4 cm³/mol. The van der Waals surface area contributed by atoms with Crippen LogP contribution in [0.1, 0.15) is 22.8 Å². The number of carbonyl (C=O) groups excluding carboxylic acids is 1. The van der Waals surface area contributed by atoms with Gasteiger partial charge in [-0.3, -0.25) is 19.1 Å². The molecule has 26 heavy (non-hydrogen) atoms. The van der Waals surface area contributed by atoms with Crippen LogP contribution in [0, 0.1) is 0 Å². The standard InChI is InChI=1S/C18H18N4O4/c1-3-26-13-6-4-11(5-7-13)9-20-16(23)12-8-14-15(19-10-12)22(2)18(25)21-17(14)24/h4-8,10H,3,9H2,1-2H3,(H,20,23)(H,21,24,25). The molecular formula is C18H18N4O4. The second-order valence-electron chi connectivity index (χ2n) is 5.67. The van der Waals surface area contributed by atoms with Crippen molar-refractivity contribution in [3.63, 3.8) is 0 Å². The van der Waals surface area contributed by atoms with Gasteiger partial charge in [0.15, 0.2) is 0 Å². The molecule has 3 aromatic rings. The molecule has 1 amide bonds. The molecule has 0 bridgehead atoms. The monoisotopic (exact) mass is 354 g/mol. The number of aryl methyl sites for hydroxylation is 1. The second-order valence-corrected chi connectivity index (χ2v) is 5.67. The maximum atomic E-state index is 12.3. The molecule has 134 valence electrons. The molecule has 2 heterocycles. The molecule has 0 fully saturated rings. The zero-order valence-corrected chi connectivity index (χ0v) is 14.4. The number of ether oxygens (including phenoxy) is 1. The molecule has 0 aliphatic heterocycles. The van der Waals surface area contributed by atoms with Crippen molar-refractivity contribution in [1.82, 2.24) is 19.9 Å².